The van der Waals surface area contributed by atoms with Gasteiger partial charge in [-0.15, -0.1) is 0 Å². The molecule has 180 valence electrons. The molecule has 2 aliphatic rings. The van der Waals surface area contributed by atoms with Crippen molar-refractivity contribution in [2.24, 2.45) is 0 Å². The maximum absolute atomic E-state index is 13.5. The first-order valence-corrected chi connectivity index (χ1v) is 11.4. The van der Waals surface area contributed by atoms with Gasteiger partial charge < -0.3 is 14.7 Å². The minimum absolute atomic E-state index is 0.0415. The average Bonchev–Trinajstić information content (AvgIpc) is 3.43. The number of piperazine rings is 1. The third-order valence-corrected chi connectivity index (χ3v) is 6.25. The Bertz CT molecular complexity index is 1240. The molecule has 0 spiro atoms. The number of halogens is 3. The van der Waals surface area contributed by atoms with E-state index in [4.69, 9.17) is 9.97 Å². The zero-order chi connectivity index (χ0) is 24.4. The minimum atomic E-state index is -4.46. The third-order valence-electron chi connectivity index (χ3n) is 6.25. The van der Waals surface area contributed by atoms with E-state index in [9.17, 15) is 18.4 Å². The zero-order valence-corrected chi connectivity index (χ0v) is 18.9. The van der Waals surface area contributed by atoms with E-state index < -0.39 is 11.7 Å². The van der Waals surface area contributed by atoms with Gasteiger partial charge in [-0.3, -0.25) is 4.98 Å². The summed E-state index contributed by atoms with van der Waals surface area (Å²) in [5, 5.41) is 9.26. The van der Waals surface area contributed by atoms with Crippen LogP contribution < -0.4 is 14.7 Å². The van der Waals surface area contributed by atoms with E-state index in [1.165, 1.54) is 18.5 Å². The Labute approximate surface area is 200 Å². The first kappa shape index (κ1) is 22.8. The largest absolute Gasteiger partial charge is 0.419 e. The van der Waals surface area contributed by atoms with Gasteiger partial charge in [-0.1, -0.05) is 0 Å². The number of nitriles is 1. The number of aromatic nitrogens is 4. The molecule has 0 amide bonds. The van der Waals surface area contributed by atoms with Crippen LogP contribution in [0.3, 0.4) is 0 Å². The van der Waals surface area contributed by atoms with Gasteiger partial charge in [0.25, 0.3) is 0 Å². The van der Waals surface area contributed by atoms with Crippen LogP contribution in [-0.4, -0.2) is 59.2 Å². The number of pyridine rings is 2. The smallest absolute Gasteiger partial charge is 0.353 e. The fourth-order valence-electron chi connectivity index (χ4n) is 4.45. The molecule has 2 aliphatic heterocycles. The molecule has 35 heavy (non-hydrogen) atoms. The van der Waals surface area contributed by atoms with Crippen LogP contribution in [0.2, 0.25) is 0 Å². The van der Waals surface area contributed by atoms with Gasteiger partial charge in [0.1, 0.15) is 17.7 Å². The van der Waals surface area contributed by atoms with Gasteiger partial charge in [-0.2, -0.15) is 23.4 Å². The lowest BCUT2D eigenvalue weighted by molar-refractivity contribution is -0.137. The molecule has 0 saturated carbocycles. The molecule has 5 rings (SSSR count). The first-order chi connectivity index (χ1) is 16.9. The Balaban J connectivity index is 1.42. The molecule has 2 fully saturated rings. The van der Waals surface area contributed by atoms with Crippen LogP contribution in [0.1, 0.15) is 24.0 Å². The molecule has 0 radical (unpaired) electrons. The van der Waals surface area contributed by atoms with Crippen molar-refractivity contribution in [3.63, 3.8) is 0 Å². The van der Waals surface area contributed by atoms with Crippen molar-refractivity contribution in [3.8, 4) is 17.3 Å². The summed E-state index contributed by atoms with van der Waals surface area (Å²) >= 11 is 0. The normalized spacial score (nSPS) is 16.5. The Morgan fingerprint density at radius 3 is 2.34 bits per heavy atom. The number of rotatable bonds is 4. The SMILES string of the molecule is N#Cc1cncc(-c2cc(N3CCN(c4ncccc4C(F)(F)F)CC3)nc(N3CCCC3)n2)c1. The van der Waals surface area contributed by atoms with E-state index in [1.807, 2.05) is 6.07 Å². The van der Waals surface area contributed by atoms with Crippen LogP contribution in [0.25, 0.3) is 11.3 Å². The van der Waals surface area contributed by atoms with Crippen LogP contribution in [0, 0.1) is 11.3 Å². The van der Waals surface area contributed by atoms with Crippen molar-refractivity contribution in [2.45, 2.75) is 19.0 Å². The Kier molecular flexibility index (Phi) is 6.11. The molecule has 0 aliphatic carbocycles. The van der Waals surface area contributed by atoms with Crippen molar-refractivity contribution in [2.75, 3.05) is 54.0 Å². The van der Waals surface area contributed by atoms with Gasteiger partial charge in [0.2, 0.25) is 5.95 Å². The second kappa shape index (κ2) is 9.37. The van der Waals surface area contributed by atoms with E-state index in [0.29, 0.717) is 49.2 Å². The maximum Gasteiger partial charge on any atom is 0.419 e. The summed E-state index contributed by atoms with van der Waals surface area (Å²) in [6.07, 6.45) is 2.23. The standard InChI is InChI=1S/C24H23F3N8/c25-24(26,27)19-4-3-5-30-22(19)34-10-8-33(9-11-34)21-13-20(18-12-17(14-28)15-29-16-18)31-23(32-21)35-6-1-2-7-35/h3-5,12-13,15-16H,1-2,6-11H2. The second-order valence-electron chi connectivity index (χ2n) is 8.53. The predicted molar refractivity (Wildman–Crippen MR) is 125 cm³/mol. The van der Waals surface area contributed by atoms with Gasteiger partial charge in [-0.05, 0) is 31.0 Å². The molecule has 0 aromatic carbocycles. The lowest BCUT2D eigenvalue weighted by atomic mass is 10.1. The molecule has 0 N–H and O–H groups in total. The second-order valence-corrected chi connectivity index (χ2v) is 8.53. The maximum atomic E-state index is 13.5. The van der Waals surface area contributed by atoms with Gasteiger partial charge in [0.15, 0.2) is 0 Å². The Hall–Kier alpha value is -3.94. The van der Waals surface area contributed by atoms with E-state index >= 15 is 0 Å². The molecular weight excluding hydrogens is 457 g/mol. The van der Waals surface area contributed by atoms with Gasteiger partial charge >= 0.3 is 6.18 Å². The number of anilines is 3. The van der Waals surface area contributed by atoms with Crippen LogP contribution >= 0.6 is 0 Å². The van der Waals surface area contributed by atoms with E-state index in [0.717, 1.165) is 37.6 Å². The van der Waals surface area contributed by atoms with Gasteiger partial charge in [0, 0.05) is 69.5 Å². The predicted octanol–water partition coefficient (Wildman–Crippen LogP) is 3.75. The average molecular weight is 480 g/mol. The Morgan fingerprint density at radius 2 is 1.63 bits per heavy atom. The Morgan fingerprint density at radius 1 is 0.886 bits per heavy atom. The van der Waals surface area contributed by atoms with Crippen molar-refractivity contribution < 1.29 is 13.2 Å². The zero-order valence-electron chi connectivity index (χ0n) is 18.9. The monoisotopic (exact) mass is 480 g/mol. The number of nitrogens with zero attached hydrogens (tertiary/aromatic N) is 8. The van der Waals surface area contributed by atoms with E-state index in [1.54, 1.807) is 17.2 Å². The van der Waals surface area contributed by atoms with Crippen molar-refractivity contribution in [1.82, 2.24) is 19.9 Å². The van der Waals surface area contributed by atoms with Crippen LogP contribution in [0.5, 0.6) is 0 Å². The van der Waals surface area contributed by atoms with Crippen molar-refractivity contribution in [1.29, 1.82) is 5.26 Å². The number of hydrogen-bond donors (Lipinski definition) is 0. The van der Waals surface area contributed by atoms with Crippen LogP contribution in [-0.2, 0) is 6.18 Å². The molecule has 8 nitrogen and oxygen atoms in total. The molecule has 5 heterocycles. The molecule has 0 atom stereocenters. The highest BCUT2D eigenvalue weighted by Crippen LogP contribution is 2.36. The summed E-state index contributed by atoms with van der Waals surface area (Å²) in [6.45, 7) is 3.47. The third kappa shape index (κ3) is 4.82. The fourth-order valence-corrected chi connectivity index (χ4v) is 4.45. The lowest BCUT2D eigenvalue weighted by Crippen LogP contribution is -2.47. The van der Waals surface area contributed by atoms with Crippen molar-refractivity contribution in [3.05, 3.63) is 54.0 Å². The molecule has 0 unspecified atom stereocenters. The summed E-state index contributed by atoms with van der Waals surface area (Å²) < 4.78 is 40.4. The highest BCUT2D eigenvalue weighted by Gasteiger charge is 2.36. The molecule has 0 bridgehead atoms. The summed E-state index contributed by atoms with van der Waals surface area (Å²) in [5.41, 5.74) is 1.09. The molecule has 3 aromatic heterocycles. The topological polar surface area (TPSA) is 85.1 Å². The number of alkyl halides is 3. The van der Waals surface area contributed by atoms with Crippen LogP contribution in [0.4, 0.5) is 30.8 Å². The highest BCUT2D eigenvalue weighted by atomic mass is 19.4. The van der Waals surface area contributed by atoms with E-state index in [2.05, 4.69) is 25.8 Å². The quantitative estimate of drug-likeness (QED) is 0.558. The van der Waals surface area contributed by atoms with Crippen molar-refractivity contribution >= 4 is 17.6 Å². The summed E-state index contributed by atoms with van der Waals surface area (Å²) in [4.78, 5) is 23.6. The minimum Gasteiger partial charge on any atom is -0.353 e. The summed E-state index contributed by atoms with van der Waals surface area (Å²) in [5.74, 6) is 1.28. The number of hydrogen-bond acceptors (Lipinski definition) is 8. The highest BCUT2D eigenvalue weighted by molar-refractivity contribution is 5.66. The molecular formula is C24H23F3N8. The lowest BCUT2D eigenvalue weighted by Gasteiger charge is -2.37. The van der Waals surface area contributed by atoms with Gasteiger partial charge in [-0.25, -0.2) is 9.97 Å². The summed E-state index contributed by atoms with van der Waals surface area (Å²) in [7, 11) is 0. The fraction of sp³-hybridized carbons (Fsp3) is 0.375. The molecule has 3 aromatic rings. The molecule has 11 heteroatoms. The summed E-state index contributed by atoms with van der Waals surface area (Å²) in [6, 6.07) is 8.07. The first-order valence-electron chi connectivity index (χ1n) is 11.4. The van der Waals surface area contributed by atoms with E-state index in [-0.39, 0.29) is 5.82 Å². The molecule has 2 saturated heterocycles. The van der Waals surface area contributed by atoms with Gasteiger partial charge in [0.05, 0.1) is 16.8 Å². The van der Waals surface area contributed by atoms with Crippen LogP contribution in [0.15, 0.2) is 42.9 Å².